The smallest absolute Gasteiger partial charge is 0.276 e. The van der Waals surface area contributed by atoms with Crippen LogP contribution in [0.2, 0.25) is 5.02 Å². The molecule has 7 nitrogen and oxygen atoms in total. The zero-order valence-electron chi connectivity index (χ0n) is 17.3. The third-order valence-corrected chi connectivity index (χ3v) is 6.82. The Labute approximate surface area is 199 Å². The van der Waals surface area contributed by atoms with E-state index in [9.17, 15) is 13.2 Å². The number of para-hydroxylation sites is 1. The van der Waals surface area contributed by atoms with Gasteiger partial charge in [0.25, 0.3) is 15.9 Å². The molecule has 33 heavy (non-hydrogen) atoms. The summed E-state index contributed by atoms with van der Waals surface area (Å²) in [6.07, 6.45) is 1.94. The Kier molecular flexibility index (Phi) is 6.73. The minimum Gasteiger partial charge on any atom is -0.436 e. The molecule has 0 spiro atoms. The molecule has 0 aliphatic rings. The molecule has 10 heteroatoms. The molecule has 0 aliphatic heterocycles. The SMILES string of the molecule is CSc1cccc(NC(=O)c2cc3ccccc3o/c2=N/NS(=O)(=O)c2ccc(Cl)cc2)c1. The maximum Gasteiger partial charge on any atom is 0.276 e. The molecule has 168 valence electrons. The third kappa shape index (κ3) is 5.39. The van der Waals surface area contributed by atoms with Crippen LogP contribution in [-0.2, 0) is 10.0 Å². The molecule has 1 amide bonds. The van der Waals surface area contributed by atoms with E-state index < -0.39 is 15.9 Å². The summed E-state index contributed by atoms with van der Waals surface area (Å²) in [6, 6.07) is 21.6. The first kappa shape index (κ1) is 22.9. The van der Waals surface area contributed by atoms with Gasteiger partial charge in [0.2, 0.25) is 5.55 Å². The average Bonchev–Trinajstić information content (AvgIpc) is 2.82. The molecule has 0 fully saturated rings. The van der Waals surface area contributed by atoms with Crippen molar-refractivity contribution in [2.75, 3.05) is 11.6 Å². The lowest BCUT2D eigenvalue weighted by atomic mass is 10.1. The first-order valence-corrected chi connectivity index (χ1v) is 12.7. The van der Waals surface area contributed by atoms with Gasteiger partial charge in [-0.25, -0.2) is 0 Å². The Bertz CT molecular complexity index is 1500. The number of carbonyl (C=O) groups excluding carboxylic acids is 1. The lowest BCUT2D eigenvalue weighted by molar-refractivity contribution is 0.102. The number of nitrogens with one attached hydrogen (secondary N) is 2. The van der Waals surface area contributed by atoms with E-state index in [0.29, 0.717) is 21.7 Å². The highest BCUT2D eigenvalue weighted by Gasteiger charge is 2.16. The molecule has 3 aromatic carbocycles. The number of rotatable bonds is 6. The van der Waals surface area contributed by atoms with Crippen molar-refractivity contribution in [2.45, 2.75) is 9.79 Å². The number of carbonyl (C=O) groups is 1. The molecular weight excluding hydrogens is 482 g/mol. The summed E-state index contributed by atoms with van der Waals surface area (Å²) < 4.78 is 31.0. The molecule has 4 aromatic rings. The van der Waals surface area contributed by atoms with E-state index in [0.717, 1.165) is 4.90 Å². The number of nitrogens with zero attached hydrogens (tertiary/aromatic N) is 1. The van der Waals surface area contributed by atoms with E-state index in [1.54, 1.807) is 42.1 Å². The molecule has 0 unspecified atom stereocenters. The highest BCUT2D eigenvalue weighted by molar-refractivity contribution is 7.98. The molecular formula is C23H18ClN3O4S2. The number of amides is 1. The van der Waals surface area contributed by atoms with Crippen LogP contribution >= 0.6 is 23.4 Å². The fourth-order valence-corrected chi connectivity index (χ4v) is 4.37. The van der Waals surface area contributed by atoms with Crippen molar-refractivity contribution in [3.63, 3.8) is 0 Å². The van der Waals surface area contributed by atoms with Gasteiger partial charge in [0.1, 0.15) is 11.1 Å². The van der Waals surface area contributed by atoms with Crippen molar-refractivity contribution >= 4 is 55.9 Å². The van der Waals surface area contributed by atoms with E-state index >= 15 is 0 Å². The molecule has 0 saturated carbocycles. The minimum absolute atomic E-state index is 0.0312. The van der Waals surface area contributed by atoms with Crippen LogP contribution in [-0.4, -0.2) is 20.6 Å². The Morgan fingerprint density at radius 3 is 2.52 bits per heavy atom. The zero-order valence-corrected chi connectivity index (χ0v) is 19.7. The van der Waals surface area contributed by atoms with Crippen molar-refractivity contribution in [1.29, 1.82) is 0 Å². The van der Waals surface area contributed by atoms with Crippen LogP contribution in [0.15, 0.2) is 98.2 Å². The van der Waals surface area contributed by atoms with Crippen LogP contribution in [0.5, 0.6) is 0 Å². The van der Waals surface area contributed by atoms with Crippen LogP contribution in [0, 0.1) is 0 Å². The fourth-order valence-electron chi connectivity index (χ4n) is 2.98. The van der Waals surface area contributed by atoms with E-state index in [2.05, 4.69) is 15.2 Å². The second-order valence-electron chi connectivity index (χ2n) is 6.85. The molecule has 0 bridgehead atoms. The molecule has 0 saturated heterocycles. The van der Waals surface area contributed by atoms with Crippen molar-refractivity contribution < 1.29 is 17.6 Å². The summed E-state index contributed by atoms with van der Waals surface area (Å²) in [7, 11) is -4.01. The van der Waals surface area contributed by atoms with Crippen LogP contribution < -0.4 is 15.7 Å². The quantitative estimate of drug-likeness (QED) is 0.291. The van der Waals surface area contributed by atoms with Crippen molar-refractivity contribution in [3.8, 4) is 0 Å². The normalized spacial score (nSPS) is 12.0. The standard InChI is InChI=1S/C23H18ClN3O4S2/c1-32-18-7-4-6-17(14-18)25-22(28)20-13-15-5-2-3-8-21(15)31-23(20)26-27-33(29,30)19-11-9-16(24)10-12-19/h2-14,27H,1H3,(H,25,28)/b26-23+. The highest BCUT2D eigenvalue weighted by Crippen LogP contribution is 2.20. The molecule has 0 radical (unpaired) electrons. The Balaban J connectivity index is 1.74. The van der Waals surface area contributed by atoms with Gasteiger partial charge in [-0.05, 0) is 60.9 Å². The second kappa shape index (κ2) is 9.70. The summed E-state index contributed by atoms with van der Waals surface area (Å²) >= 11 is 7.38. The van der Waals surface area contributed by atoms with Crippen LogP contribution in [0.1, 0.15) is 10.4 Å². The van der Waals surface area contributed by atoms with Gasteiger partial charge >= 0.3 is 0 Å². The number of hydrogen-bond donors (Lipinski definition) is 2. The largest absolute Gasteiger partial charge is 0.436 e. The van der Waals surface area contributed by atoms with Gasteiger partial charge in [0.05, 0.1) is 4.90 Å². The van der Waals surface area contributed by atoms with Crippen LogP contribution in [0.3, 0.4) is 0 Å². The van der Waals surface area contributed by atoms with E-state index in [1.165, 1.54) is 24.3 Å². The molecule has 4 rings (SSSR count). The van der Waals surface area contributed by atoms with Gasteiger partial charge in [0, 0.05) is 21.0 Å². The number of sulfonamides is 1. The van der Waals surface area contributed by atoms with Crippen LogP contribution in [0.25, 0.3) is 11.0 Å². The highest BCUT2D eigenvalue weighted by atomic mass is 35.5. The predicted molar refractivity (Wildman–Crippen MR) is 130 cm³/mol. The molecule has 0 atom stereocenters. The van der Waals surface area contributed by atoms with Gasteiger partial charge < -0.3 is 9.73 Å². The fraction of sp³-hybridized carbons (Fsp3) is 0.0435. The van der Waals surface area contributed by atoms with Crippen molar-refractivity contribution in [2.24, 2.45) is 5.10 Å². The van der Waals surface area contributed by atoms with Crippen molar-refractivity contribution in [1.82, 2.24) is 4.83 Å². The minimum atomic E-state index is -4.01. The maximum atomic E-state index is 13.1. The second-order valence-corrected chi connectivity index (χ2v) is 9.83. The lowest BCUT2D eigenvalue weighted by Gasteiger charge is -2.08. The van der Waals surface area contributed by atoms with Crippen molar-refractivity contribution in [3.05, 3.63) is 95.0 Å². The summed E-state index contributed by atoms with van der Waals surface area (Å²) in [6.45, 7) is 0. The van der Waals surface area contributed by atoms with E-state index in [-0.39, 0.29) is 16.0 Å². The van der Waals surface area contributed by atoms with E-state index in [4.69, 9.17) is 16.0 Å². The summed E-state index contributed by atoms with van der Waals surface area (Å²) in [5.74, 6) is -0.493. The Morgan fingerprint density at radius 1 is 1.00 bits per heavy atom. The van der Waals surface area contributed by atoms with Gasteiger partial charge in [-0.2, -0.15) is 13.2 Å². The maximum absolute atomic E-state index is 13.1. The number of fused-ring (bicyclic) bond motifs is 1. The first-order valence-electron chi connectivity index (χ1n) is 9.65. The molecule has 1 heterocycles. The number of halogens is 1. The molecule has 1 aromatic heterocycles. The number of hydrogen-bond acceptors (Lipinski definition) is 6. The van der Waals surface area contributed by atoms with Gasteiger partial charge in [-0.1, -0.05) is 35.9 Å². The van der Waals surface area contributed by atoms with Gasteiger partial charge in [-0.3, -0.25) is 4.79 Å². The third-order valence-electron chi connectivity index (χ3n) is 4.62. The van der Waals surface area contributed by atoms with E-state index in [1.807, 2.05) is 30.5 Å². The number of anilines is 1. The summed E-state index contributed by atoms with van der Waals surface area (Å²) in [5, 5.41) is 7.80. The molecule has 2 N–H and O–H groups in total. The lowest BCUT2D eigenvalue weighted by Crippen LogP contribution is -2.27. The van der Waals surface area contributed by atoms with Crippen LogP contribution in [0.4, 0.5) is 5.69 Å². The first-order chi connectivity index (χ1) is 15.9. The number of benzene rings is 3. The Hall–Kier alpha value is -3.27. The number of thioether (sulfide) groups is 1. The monoisotopic (exact) mass is 499 g/mol. The predicted octanol–water partition coefficient (Wildman–Crippen LogP) is 4.85. The average molecular weight is 500 g/mol. The molecule has 0 aliphatic carbocycles. The topological polar surface area (TPSA) is 101 Å². The summed E-state index contributed by atoms with van der Waals surface area (Å²) in [4.78, 5) is 16.2. The summed E-state index contributed by atoms with van der Waals surface area (Å²) in [5.41, 5.74) is 0.933. The van der Waals surface area contributed by atoms with Gasteiger partial charge in [0.15, 0.2) is 0 Å². The van der Waals surface area contributed by atoms with Gasteiger partial charge in [-0.15, -0.1) is 16.9 Å². The zero-order chi connectivity index (χ0) is 23.4. The Morgan fingerprint density at radius 2 is 1.76 bits per heavy atom.